The molecular weight excluding hydrogens is 288 g/mol. The summed E-state index contributed by atoms with van der Waals surface area (Å²) < 4.78 is 2.05. The van der Waals surface area contributed by atoms with E-state index in [1.807, 2.05) is 48.5 Å². The highest BCUT2D eigenvalue weighted by molar-refractivity contribution is 6.11. The monoisotopic (exact) mass is 302 g/mol. The number of hydrogen-bond acceptors (Lipinski definition) is 3. The highest BCUT2D eigenvalue weighted by Crippen LogP contribution is 2.31. The van der Waals surface area contributed by atoms with Crippen molar-refractivity contribution in [3.63, 3.8) is 0 Å². The quantitative estimate of drug-likeness (QED) is 0.340. The van der Waals surface area contributed by atoms with Gasteiger partial charge in [-0.05, 0) is 30.3 Å². The maximum Gasteiger partial charge on any atom is 0.265 e. The van der Waals surface area contributed by atoms with Crippen molar-refractivity contribution in [1.29, 1.82) is 0 Å². The van der Waals surface area contributed by atoms with Gasteiger partial charge in [-0.15, -0.1) is 0 Å². The maximum atomic E-state index is 11.9. The van der Waals surface area contributed by atoms with Gasteiger partial charge in [-0.1, -0.05) is 30.3 Å². The molecule has 0 aliphatic rings. The molecule has 0 radical (unpaired) electrons. The number of hydrogen-bond donors (Lipinski definition) is 2. The van der Waals surface area contributed by atoms with Crippen LogP contribution in [-0.2, 0) is 0 Å². The van der Waals surface area contributed by atoms with Crippen molar-refractivity contribution in [1.82, 2.24) is 15.0 Å². The molecule has 0 saturated carbocycles. The van der Waals surface area contributed by atoms with Crippen molar-refractivity contribution in [3.05, 3.63) is 72.4 Å². The van der Waals surface area contributed by atoms with Crippen LogP contribution >= 0.6 is 0 Å². The normalized spacial score (nSPS) is 11.0. The summed E-state index contributed by atoms with van der Waals surface area (Å²) in [5.74, 6) is 5.75. The van der Waals surface area contributed by atoms with Crippen LogP contribution in [0.1, 0.15) is 10.4 Å². The Bertz CT molecular complexity index is 1020. The first-order chi connectivity index (χ1) is 11.3. The van der Waals surface area contributed by atoms with Crippen LogP contribution in [0.15, 0.2) is 66.9 Å². The average Bonchev–Trinajstić information content (AvgIpc) is 2.95. The molecule has 0 spiro atoms. The smallest absolute Gasteiger partial charge is 0.265 e. The van der Waals surface area contributed by atoms with E-state index in [0.717, 1.165) is 27.6 Å². The van der Waals surface area contributed by atoms with Crippen LogP contribution in [0.5, 0.6) is 0 Å². The zero-order valence-electron chi connectivity index (χ0n) is 12.2. The molecule has 0 aliphatic carbocycles. The molecule has 2 aromatic heterocycles. The third-order valence-electron chi connectivity index (χ3n) is 3.95. The Kier molecular flexibility index (Phi) is 3.06. The van der Waals surface area contributed by atoms with Crippen LogP contribution in [0.3, 0.4) is 0 Å². The molecule has 0 bridgehead atoms. The largest absolute Gasteiger partial charge is 0.294 e. The van der Waals surface area contributed by atoms with Gasteiger partial charge in [-0.25, -0.2) is 10.8 Å². The summed E-state index contributed by atoms with van der Waals surface area (Å²) >= 11 is 0. The Morgan fingerprint density at radius 3 is 2.52 bits per heavy atom. The Balaban J connectivity index is 2.13. The summed E-state index contributed by atoms with van der Waals surface area (Å²) in [4.78, 5) is 16.3. The van der Waals surface area contributed by atoms with E-state index in [4.69, 9.17) is 5.84 Å². The van der Waals surface area contributed by atoms with Gasteiger partial charge < -0.3 is 0 Å². The predicted octanol–water partition coefficient (Wildman–Crippen LogP) is 2.78. The van der Waals surface area contributed by atoms with Crippen LogP contribution in [0, 0.1) is 0 Å². The lowest BCUT2D eigenvalue weighted by Crippen LogP contribution is -2.29. The number of pyridine rings is 1. The van der Waals surface area contributed by atoms with Crippen molar-refractivity contribution in [2.24, 2.45) is 5.84 Å². The van der Waals surface area contributed by atoms with Gasteiger partial charge in [0.1, 0.15) is 5.82 Å². The fraction of sp³-hybridized carbons (Fsp3) is 0. The Hall–Kier alpha value is -3.18. The molecule has 0 atom stereocenters. The molecule has 5 heteroatoms. The number of rotatable bonds is 2. The fourth-order valence-electron chi connectivity index (χ4n) is 2.93. The molecule has 4 rings (SSSR count). The SMILES string of the molecule is NNC(=O)c1ccc2c3ccccc3n(-c3ccccn3)c2c1. The number of fused-ring (bicyclic) bond motifs is 3. The molecule has 4 aromatic rings. The van der Waals surface area contributed by atoms with Gasteiger partial charge >= 0.3 is 0 Å². The van der Waals surface area contributed by atoms with E-state index >= 15 is 0 Å². The molecule has 2 aromatic carbocycles. The Labute approximate surface area is 132 Å². The summed E-state index contributed by atoms with van der Waals surface area (Å²) in [6.07, 6.45) is 1.76. The third kappa shape index (κ3) is 2.06. The van der Waals surface area contributed by atoms with Gasteiger partial charge in [0, 0.05) is 22.5 Å². The molecule has 2 heterocycles. The van der Waals surface area contributed by atoms with Gasteiger partial charge in [0.2, 0.25) is 0 Å². The number of hydrazine groups is 1. The average molecular weight is 302 g/mol. The lowest BCUT2D eigenvalue weighted by Gasteiger charge is -2.07. The van der Waals surface area contributed by atoms with E-state index in [2.05, 4.69) is 21.0 Å². The number of nitrogen functional groups attached to an aromatic ring is 1. The predicted molar refractivity (Wildman–Crippen MR) is 90.2 cm³/mol. The molecule has 3 N–H and O–H groups in total. The minimum atomic E-state index is -0.315. The van der Waals surface area contributed by atoms with Crippen molar-refractivity contribution in [2.75, 3.05) is 0 Å². The zero-order chi connectivity index (χ0) is 15.8. The standard InChI is InChI=1S/C18H14N4O/c19-21-18(23)12-8-9-14-13-5-1-2-6-15(13)22(16(14)11-12)17-7-3-4-10-20-17/h1-11H,19H2,(H,21,23). The molecule has 0 fully saturated rings. The van der Waals surface area contributed by atoms with Crippen molar-refractivity contribution < 1.29 is 4.79 Å². The number of carbonyl (C=O) groups is 1. The zero-order valence-corrected chi connectivity index (χ0v) is 12.2. The summed E-state index contributed by atoms with van der Waals surface area (Å²) in [5.41, 5.74) is 4.66. The van der Waals surface area contributed by atoms with Gasteiger partial charge in [0.25, 0.3) is 5.91 Å². The molecule has 112 valence electrons. The molecular formula is C18H14N4O. The highest BCUT2D eigenvalue weighted by Gasteiger charge is 2.14. The Morgan fingerprint density at radius 2 is 1.74 bits per heavy atom. The van der Waals surface area contributed by atoms with Crippen molar-refractivity contribution in [2.45, 2.75) is 0 Å². The number of nitrogens with one attached hydrogen (secondary N) is 1. The minimum Gasteiger partial charge on any atom is -0.294 e. The number of amides is 1. The number of para-hydroxylation sites is 1. The van der Waals surface area contributed by atoms with E-state index in [1.165, 1.54) is 0 Å². The number of benzene rings is 2. The number of aromatic nitrogens is 2. The highest BCUT2D eigenvalue weighted by atomic mass is 16.2. The lowest BCUT2D eigenvalue weighted by atomic mass is 10.1. The summed E-state index contributed by atoms with van der Waals surface area (Å²) in [6, 6.07) is 19.4. The van der Waals surface area contributed by atoms with Gasteiger partial charge in [0.15, 0.2) is 0 Å². The fourth-order valence-corrected chi connectivity index (χ4v) is 2.93. The minimum absolute atomic E-state index is 0.315. The molecule has 0 unspecified atom stereocenters. The third-order valence-corrected chi connectivity index (χ3v) is 3.95. The molecule has 1 amide bonds. The molecule has 5 nitrogen and oxygen atoms in total. The first-order valence-corrected chi connectivity index (χ1v) is 7.25. The van der Waals surface area contributed by atoms with Crippen LogP contribution in [-0.4, -0.2) is 15.5 Å². The second kappa shape index (κ2) is 5.23. The van der Waals surface area contributed by atoms with Gasteiger partial charge in [0.05, 0.1) is 11.0 Å². The molecule has 23 heavy (non-hydrogen) atoms. The topological polar surface area (TPSA) is 72.9 Å². The van der Waals surface area contributed by atoms with E-state index < -0.39 is 0 Å². The number of carbonyl (C=O) groups excluding carboxylic acids is 1. The first-order valence-electron chi connectivity index (χ1n) is 7.25. The number of nitrogens with zero attached hydrogens (tertiary/aromatic N) is 2. The second-order valence-electron chi connectivity index (χ2n) is 5.25. The van der Waals surface area contributed by atoms with Crippen LogP contribution < -0.4 is 11.3 Å². The maximum absolute atomic E-state index is 11.9. The van der Waals surface area contributed by atoms with Crippen LogP contribution in [0.25, 0.3) is 27.6 Å². The first kappa shape index (κ1) is 13.5. The Morgan fingerprint density at radius 1 is 0.957 bits per heavy atom. The van der Waals surface area contributed by atoms with E-state index in [9.17, 15) is 4.79 Å². The summed E-state index contributed by atoms with van der Waals surface area (Å²) in [7, 11) is 0. The second-order valence-corrected chi connectivity index (χ2v) is 5.25. The van der Waals surface area contributed by atoms with E-state index in [-0.39, 0.29) is 5.91 Å². The van der Waals surface area contributed by atoms with Crippen molar-refractivity contribution >= 4 is 27.7 Å². The van der Waals surface area contributed by atoms with Crippen LogP contribution in [0.2, 0.25) is 0 Å². The van der Waals surface area contributed by atoms with Crippen LogP contribution in [0.4, 0.5) is 0 Å². The van der Waals surface area contributed by atoms with Gasteiger partial charge in [-0.2, -0.15) is 0 Å². The molecule has 0 saturated heterocycles. The van der Waals surface area contributed by atoms with Gasteiger partial charge in [-0.3, -0.25) is 14.8 Å². The lowest BCUT2D eigenvalue weighted by molar-refractivity contribution is 0.0954. The summed E-state index contributed by atoms with van der Waals surface area (Å²) in [5, 5.41) is 2.19. The van der Waals surface area contributed by atoms with E-state index in [0.29, 0.717) is 5.56 Å². The summed E-state index contributed by atoms with van der Waals surface area (Å²) in [6.45, 7) is 0. The van der Waals surface area contributed by atoms with E-state index in [1.54, 1.807) is 12.3 Å². The number of nitrogens with two attached hydrogens (primary N) is 1. The van der Waals surface area contributed by atoms with Crippen molar-refractivity contribution in [3.8, 4) is 5.82 Å². The molecule has 0 aliphatic heterocycles.